The molecule has 0 spiro atoms. The number of nitrogens with two attached hydrogens (primary N) is 1. The van der Waals surface area contributed by atoms with Gasteiger partial charge in [-0.3, -0.25) is 10.1 Å². The number of nitrogen functional groups attached to an aromatic ring is 1. The van der Waals surface area contributed by atoms with Crippen LogP contribution in [0.2, 0.25) is 0 Å². The molecule has 7 heteroatoms. The Morgan fingerprint density at radius 3 is 3.00 bits per heavy atom. The molecule has 0 bridgehead atoms. The molecule has 1 aromatic heterocycles. The molecule has 14 heavy (non-hydrogen) atoms. The van der Waals surface area contributed by atoms with Crippen molar-refractivity contribution in [2.75, 3.05) is 17.6 Å². The topological polar surface area (TPSA) is 107 Å². The molecule has 3 N–H and O–H groups in total. The lowest BCUT2D eigenvalue weighted by Crippen LogP contribution is -2.07. The average molecular weight is 197 g/mol. The molecule has 0 unspecified atom stereocenters. The first-order valence-corrected chi connectivity index (χ1v) is 4.16. The summed E-state index contributed by atoms with van der Waals surface area (Å²) in [4.78, 5) is 17.3. The number of hydrogen-bond acceptors (Lipinski definition) is 6. The Morgan fingerprint density at radius 2 is 2.43 bits per heavy atom. The highest BCUT2D eigenvalue weighted by molar-refractivity contribution is 5.56. The SMILES string of the molecule is CCCNc1nc(N)ncc1[N+](=O)[O-]. The molecule has 0 amide bonds. The van der Waals surface area contributed by atoms with Crippen LogP contribution >= 0.6 is 0 Å². The van der Waals surface area contributed by atoms with Crippen molar-refractivity contribution < 1.29 is 4.92 Å². The smallest absolute Gasteiger partial charge is 0.329 e. The quantitative estimate of drug-likeness (QED) is 0.545. The summed E-state index contributed by atoms with van der Waals surface area (Å²) >= 11 is 0. The fourth-order valence-electron chi connectivity index (χ4n) is 0.896. The summed E-state index contributed by atoms with van der Waals surface area (Å²) < 4.78 is 0. The van der Waals surface area contributed by atoms with Gasteiger partial charge in [0, 0.05) is 6.54 Å². The van der Waals surface area contributed by atoms with Crippen molar-refractivity contribution in [2.24, 2.45) is 0 Å². The Balaban J connectivity index is 2.97. The van der Waals surface area contributed by atoms with Gasteiger partial charge in [0.15, 0.2) is 0 Å². The van der Waals surface area contributed by atoms with E-state index in [1.54, 1.807) is 0 Å². The van der Waals surface area contributed by atoms with Crippen molar-refractivity contribution in [3.8, 4) is 0 Å². The molecule has 1 rings (SSSR count). The molecule has 0 atom stereocenters. The van der Waals surface area contributed by atoms with Crippen LogP contribution in [0.5, 0.6) is 0 Å². The second-order valence-corrected chi connectivity index (χ2v) is 2.65. The minimum Gasteiger partial charge on any atom is -0.368 e. The van der Waals surface area contributed by atoms with Crippen molar-refractivity contribution in [1.82, 2.24) is 9.97 Å². The van der Waals surface area contributed by atoms with Crippen LogP contribution in [-0.4, -0.2) is 21.4 Å². The van der Waals surface area contributed by atoms with Crippen molar-refractivity contribution >= 4 is 17.5 Å². The predicted molar refractivity (Wildman–Crippen MR) is 51.9 cm³/mol. The number of nitrogens with zero attached hydrogens (tertiary/aromatic N) is 3. The molecule has 0 aromatic carbocycles. The van der Waals surface area contributed by atoms with Crippen LogP contribution in [0.15, 0.2) is 6.20 Å². The largest absolute Gasteiger partial charge is 0.368 e. The van der Waals surface area contributed by atoms with E-state index >= 15 is 0 Å². The first-order valence-electron chi connectivity index (χ1n) is 4.16. The van der Waals surface area contributed by atoms with Gasteiger partial charge in [-0.25, -0.2) is 4.98 Å². The summed E-state index contributed by atoms with van der Waals surface area (Å²) in [6, 6.07) is 0. The molecular formula is C7H11N5O2. The van der Waals surface area contributed by atoms with Gasteiger partial charge in [-0.2, -0.15) is 4.98 Å². The number of anilines is 2. The van der Waals surface area contributed by atoms with Gasteiger partial charge in [-0.05, 0) is 6.42 Å². The van der Waals surface area contributed by atoms with E-state index in [1.165, 1.54) is 0 Å². The summed E-state index contributed by atoms with van der Waals surface area (Å²) in [5, 5.41) is 13.4. The number of aromatic nitrogens is 2. The van der Waals surface area contributed by atoms with E-state index in [1.807, 2.05) is 6.92 Å². The van der Waals surface area contributed by atoms with Gasteiger partial charge >= 0.3 is 5.69 Å². The lowest BCUT2D eigenvalue weighted by molar-refractivity contribution is -0.384. The van der Waals surface area contributed by atoms with E-state index in [9.17, 15) is 10.1 Å². The zero-order valence-corrected chi connectivity index (χ0v) is 7.73. The summed E-state index contributed by atoms with van der Waals surface area (Å²) in [7, 11) is 0. The monoisotopic (exact) mass is 197 g/mol. The van der Waals surface area contributed by atoms with E-state index in [0.717, 1.165) is 12.6 Å². The highest BCUT2D eigenvalue weighted by Crippen LogP contribution is 2.20. The molecule has 0 saturated carbocycles. The molecule has 0 aliphatic carbocycles. The van der Waals surface area contributed by atoms with Crippen LogP contribution in [-0.2, 0) is 0 Å². The Labute approximate surface area is 80.5 Å². The molecule has 7 nitrogen and oxygen atoms in total. The zero-order valence-electron chi connectivity index (χ0n) is 7.73. The van der Waals surface area contributed by atoms with Gasteiger partial charge in [-0.15, -0.1) is 0 Å². The van der Waals surface area contributed by atoms with Gasteiger partial charge in [0.25, 0.3) is 0 Å². The second kappa shape index (κ2) is 4.35. The van der Waals surface area contributed by atoms with E-state index < -0.39 is 4.92 Å². The highest BCUT2D eigenvalue weighted by Gasteiger charge is 2.15. The molecular weight excluding hydrogens is 186 g/mol. The van der Waals surface area contributed by atoms with Crippen LogP contribution in [0, 0.1) is 10.1 Å². The number of nitrogens with one attached hydrogen (secondary N) is 1. The molecule has 0 saturated heterocycles. The molecule has 1 heterocycles. The fraction of sp³-hybridized carbons (Fsp3) is 0.429. The van der Waals surface area contributed by atoms with Crippen LogP contribution in [0.3, 0.4) is 0 Å². The first-order chi connectivity index (χ1) is 6.65. The Kier molecular flexibility index (Phi) is 3.16. The Morgan fingerprint density at radius 1 is 1.71 bits per heavy atom. The average Bonchev–Trinajstić information content (AvgIpc) is 2.14. The van der Waals surface area contributed by atoms with Crippen LogP contribution in [0.25, 0.3) is 0 Å². The minimum absolute atomic E-state index is 0.0224. The molecule has 0 aliphatic heterocycles. The van der Waals surface area contributed by atoms with Gasteiger partial charge in [0.2, 0.25) is 11.8 Å². The lowest BCUT2D eigenvalue weighted by Gasteiger charge is -2.03. The number of hydrogen-bond donors (Lipinski definition) is 2. The molecule has 0 radical (unpaired) electrons. The van der Waals surface area contributed by atoms with Gasteiger partial charge < -0.3 is 11.1 Å². The molecule has 76 valence electrons. The normalized spacial score (nSPS) is 9.79. The minimum atomic E-state index is -0.544. The van der Waals surface area contributed by atoms with Crippen LogP contribution < -0.4 is 11.1 Å². The highest BCUT2D eigenvalue weighted by atomic mass is 16.6. The second-order valence-electron chi connectivity index (χ2n) is 2.65. The Hall–Kier alpha value is -1.92. The van der Waals surface area contributed by atoms with Gasteiger partial charge in [0.1, 0.15) is 6.20 Å². The summed E-state index contributed by atoms with van der Waals surface area (Å²) in [6.07, 6.45) is 1.95. The third kappa shape index (κ3) is 2.28. The van der Waals surface area contributed by atoms with Crippen molar-refractivity contribution in [1.29, 1.82) is 0 Å². The third-order valence-corrected chi connectivity index (χ3v) is 1.53. The maximum atomic E-state index is 10.5. The van der Waals surface area contributed by atoms with Crippen molar-refractivity contribution in [2.45, 2.75) is 13.3 Å². The number of nitro groups is 1. The molecule has 1 aromatic rings. The van der Waals surface area contributed by atoms with Crippen LogP contribution in [0.1, 0.15) is 13.3 Å². The van der Waals surface area contributed by atoms with Crippen LogP contribution in [0.4, 0.5) is 17.5 Å². The van der Waals surface area contributed by atoms with Gasteiger partial charge in [-0.1, -0.05) is 6.92 Å². The zero-order chi connectivity index (χ0) is 10.6. The lowest BCUT2D eigenvalue weighted by atomic mass is 10.4. The summed E-state index contributed by atoms with van der Waals surface area (Å²) in [6.45, 7) is 2.56. The molecule has 0 fully saturated rings. The van der Waals surface area contributed by atoms with Gasteiger partial charge in [0.05, 0.1) is 4.92 Å². The summed E-state index contributed by atoms with van der Waals surface area (Å²) in [5.74, 6) is 0.193. The first kappa shape index (κ1) is 10.2. The number of rotatable bonds is 4. The maximum Gasteiger partial charge on any atom is 0.329 e. The predicted octanol–water partition coefficient (Wildman–Crippen LogP) is 0.789. The van der Waals surface area contributed by atoms with E-state index in [-0.39, 0.29) is 17.5 Å². The fourth-order valence-corrected chi connectivity index (χ4v) is 0.896. The Bertz CT molecular complexity index is 341. The standard InChI is InChI=1S/C7H11N5O2/c1-2-3-9-6-5(12(13)14)4-10-7(8)11-6/h4H,2-3H2,1H3,(H3,8,9,10,11). The summed E-state index contributed by atoms with van der Waals surface area (Å²) in [5.41, 5.74) is 5.15. The van der Waals surface area contributed by atoms with Crippen molar-refractivity contribution in [3.63, 3.8) is 0 Å². The van der Waals surface area contributed by atoms with E-state index in [0.29, 0.717) is 6.54 Å². The van der Waals surface area contributed by atoms with E-state index in [2.05, 4.69) is 15.3 Å². The maximum absolute atomic E-state index is 10.5. The third-order valence-electron chi connectivity index (χ3n) is 1.53. The molecule has 0 aliphatic rings. The van der Waals surface area contributed by atoms with E-state index in [4.69, 9.17) is 5.73 Å². The van der Waals surface area contributed by atoms with Crippen molar-refractivity contribution in [3.05, 3.63) is 16.3 Å².